The van der Waals surface area contributed by atoms with Crippen molar-refractivity contribution in [3.8, 4) is 0 Å². The lowest BCUT2D eigenvalue weighted by Crippen LogP contribution is -2.12. The predicted molar refractivity (Wildman–Crippen MR) is 77.9 cm³/mol. The maximum atomic E-state index is 2.38. The summed E-state index contributed by atoms with van der Waals surface area (Å²) in [7, 11) is 0. The second-order valence-electron chi connectivity index (χ2n) is 5.42. The average Bonchev–Trinajstić information content (AvgIpc) is 2.26. The van der Waals surface area contributed by atoms with Crippen LogP contribution in [-0.4, -0.2) is 0 Å². The first kappa shape index (κ1) is 18.4. The van der Waals surface area contributed by atoms with Crippen molar-refractivity contribution < 1.29 is 0 Å². The normalized spacial score (nSPS) is 24.0. The fourth-order valence-electron chi connectivity index (χ4n) is 2.08. The van der Waals surface area contributed by atoms with Crippen molar-refractivity contribution in [1.82, 2.24) is 0 Å². The van der Waals surface area contributed by atoms with Gasteiger partial charge in [-0.1, -0.05) is 87.0 Å². The first-order valence-corrected chi connectivity index (χ1v) is 7.57. The molecule has 0 radical (unpaired) electrons. The van der Waals surface area contributed by atoms with Crippen LogP contribution in [-0.2, 0) is 0 Å². The van der Waals surface area contributed by atoms with Crippen molar-refractivity contribution in [3.05, 3.63) is 0 Å². The zero-order valence-corrected chi connectivity index (χ0v) is 13.0. The van der Waals surface area contributed by atoms with Gasteiger partial charge in [0.1, 0.15) is 0 Å². The zero-order chi connectivity index (χ0) is 13.0. The van der Waals surface area contributed by atoms with Crippen LogP contribution in [0.4, 0.5) is 0 Å². The zero-order valence-electron chi connectivity index (χ0n) is 13.0. The van der Waals surface area contributed by atoms with Gasteiger partial charge in [0, 0.05) is 0 Å². The Kier molecular flexibility index (Phi) is 15.0. The highest BCUT2D eigenvalue weighted by molar-refractivity contribution is 4.67. The Bertz CT molecular complexity index is 105. The minimum atomic E-state index is 0.898. The number of rotatable bonds is 2. The molecule has 0 aromatic rings. The lowest BCUT2D eigenvalue weighted by atomic mass is 9.82. The van der Waals surface area contributed by atoms with E-state index in [0.29, 0.717) is 0 Å². The van der Waals surface area contributed by atoms with Crippen molar-refractivity contribution >= 4 is 0 Å². The molecule has 0 saturated heterocycles. The molecule has 1 aliphatic rings. The Morgan fingerprint density at radius 1 is 0.938 bits per heavy atom. The van der Waals surface area contributed by atoms with E-state index in [9.17, 15) is 0 Å². The fourth-order valence-corrected chi connectivity index (χ4v) is 2.08. The van der Waals surface area contributed by atoms with Crippen LogP contribution < -0.4 is 0 Å². The van der Waals surface area contributed by atoms with Gasteiger partial charge in [-0.2, -0.15) is 0 Å². The summed E-state index contributed by atoms with van der Waals surface area (Å²) >= 11 is 0. The maximum absolute atomic E-state index is 2.38. The minimum absolute atomic E-state index is 0.898. The molecule has 0 heteroatoms. The largest absolute Gasteiger partial charge is 0.0683 e. The second kappa shape index (κ2) is 13.1. The molecular weight excluding hydrogens is 192 g/mol. The van der Waals surface area contributed by atoms with Crippen LogP contribution in [0.2, 0.25) is 0 Å². The van der Waals surface area contributed by atoms with E-state index in [1.54, 1.807) is 0 Å². The molecule has 0 N–H and O–H groups in total. The summed E-state index contributed by atoms with van der Waals surface area (Å²) in [4.78, 5) is 0. The van der Waals surface area contributed by atoms with Crippen molar-refractivity contribution in [2.24, 2.45) is 17.8 Å². The summed E-state index contributed by atoms with van der Waals surface area (Å²) in [5.74, 6) is 2.91. The molecule has 0 heterocycles. The molecule has 1 saturated carbocycles. The van der Waals surface area contributed by atoms with Crippen molar-refractivity contribution in [1.29, 1.82) is 0 Å². The Balaban J connectivity index is 0. The molecule has 1 rings (SSSR count). The smallest absolute Gasteiger partial charge is 0.0417 e. The molecule has 1 fully saturated rings. The molecule has 0 spiro atoms. The molecule has 0 bridgehead atoms. The van der Waals surface area contributed by atoms with Gasteiger partial charge in [0.05, 0.1) is 0 Å². The molecule has 2 atom stereocenters. The quantitative estimate of drug-likeness (QED) is 0.520. The average molecular weight is 228 g/mol. The highest BCUT2D eigenvalue weighted by Crippen LogP contribution is 2.28. The van der Waals surface area contributed by atoms with Crippen molar-refractivity contribution in [2.45, 2.75) is 87.0 Å². The van der Waals surface area contributed by atoms with Gasteiger partial charge in [0.2, 0.25) is 0 Å². The fraction of sp³-hybridized carbons (Fsp3) is 1.00. The van der Waals surface area contributed by atoms with E-state index in [2.05, 4.69) is 34.6 Å². The molecule has 0 nitrogen and oxygen atoms in total. The summed E-state index contributed by atoms with van der Waals surface area (Å²) in [6.07, 6.45) is 8.61. The van der Waals surface area contributed by atoms with E-state index in [1.165, 1.54) is 38.5 Å². The predicted octanol–water partition coefficient (Wildman–Crippen LogP) is 6.30. The first-order valence-electron chi connectivity index (χ1n) is 7.57. The Morgan fingerprint density at radius 3 is 1.44 bits per heavy atom. The summed E-state index contributed by atoms with van der Waals surface area (Å²) < 4.78 is 0. The van der Waals surface area contributed by atoms with E-state index in [0.717, 1.165) is 17.8 Å². The molecule has 2 unspecified atom stereocenters. The summed E-state index contributed by atoms with van der Waals surface area (Å²) in [5, 5.41) is 0. The third kappa shape index (κ3) is 12.1. The van der Waals surface area contributed by atoms with Gasteiger partial charge < -0.3 is 0 Å². The monoisotopic (exact) mass is 228 g/mol. The molecule has 1 aliphatic carbocycles. The Hall–Kier alpha value is 0. The van der Waals surface area contributed by atoms with E-state index in [4.69, 9.17) is 0 Å². The highest BCUT2D eigenvalue weighted by Gasteiger charge is 2.15. The van der Waals surface area contributed by atoms with Gasteiger partial charge >= 0.3 is 0 Å². The van der Waals surface area contributed by atoms with Crippen molar-refractivity contribution in [2.75, 3.05) is 0 Å². The van der Waals surface area contributed by atoms with Crippen LogP contribution in [0.1, 0.15) is 87.0 Å². The molecular formula is C16H36. The van der Waals surface area contributed by atoms with Gasteiger partial charge in [0.15, 0.2) is 0 Å². The van der Waals surface area contributed by atoms with Crippen LogP contribution in [0, 0.1) is 17.8 Å². The maximum Gasteiger partial charge on any atom is -0.0417 e. The summed E-state index contributed by atoms with van der Waals surface area (Å²) in [6, 6.07) is 0. The van der Waals surface area contributed by atoms with E-state index in [-0.39, 0.29) is 0 Å². The third-order valence-corrected chi connectivity index (χ3v) is 3.41. The van der Waals surface area contributed by atoms with Gasteiger partial charge in [-0.3, -0.25) is 0 Å². The van der Waals surface area contributed by atoms with Gasteiger partial charge in [-0.15, -0.1) is 0 Å². The van der Waals surface area contributed by atoms with Crippen LogP contribution >= 0.6 is 0 Å². The topological polar surface area (TPSA) is 0 Å². The summed E-state index contributed by atoms with van der Waals surface area (Å²) in [5.41, 5.74) is 0. The van der Waals surface area contributed by atoms with E-state index >= 15 is 0 Å². The van der Waals surface area contributed by atoms with Crippen LogP contribution in [0.5, 0.6) is 0 Å². The molecule has 100 valence electrons. The van der Waals surface area contributed by atoms with Crippen LogP contribution in [0.3, 0.4) is 0 Å². The first-order chi connectivity index (χ1) is 7.57. The van der Waals surface area contributed by atoms with E-state index in [1.807, 2.05) is 13.8 Å². The molecule has 0 amide bonds. The third-order valence-electron chi connectivity index (χ3n) is 3.41. The lowest BCUT2D eigenvalue weighted by molar-refractivity contribution is 0.277. The molecule has 16 heavy (non-hydrogen) atoms. The number of hydrogen-bond donors (Lipinski definition) is 0. The Morgan fingerprint density at radius 2 is 1.31 bits per heavy atom. The summed E-state index contributed by atoms with van der Waals surface area (Å²) in [6.45, 7) is 15.5. The Labute approximate surface area is 105 Å². The minimum Gasteiger partial charge on any atom is -0.0683 e. The van der Waals surface area contributed by atoms with Crippen LogP contribution in [0.25, 0.3) is 0 Å². The molecule has 0 aliphatic heterocycles. The van der Waals surface area contributed by atoms with Crippen LogP contribution in [0.15, 0.2) is 0 Å². The van der Waals surface area contributed by atoms with Gasteiger partial charge in [-0.25, -0.2) is 0 Å². The van der Waals surface area contributed by atoms with E-state index < -0.39 is 0 Å². The molecule has 0 aromatic carbocycles. The molecule has 0 aromatic heterocycles. The van der Waals surface area contributed by atoms with Gasteiger partial charge in [0.25, 0.3) is 0 Å². The van der Waals surface area contributed by atoms with Gasteiger partial charge in [-0.05, 0) is 17.8 Å². The lowest BCUT2D eigenvalue weighted by Gasteiger charge is -2.24. The second-order valence-corrected chi connectivity index (χ2v) is 5.42. The SMILES string of the molecule is CC.CC1CCCCC1C.CCCC(C)C. The van der Waals surface area contributed by atoms with Crippen molar-refractivity contribution in [3.63, 3.8) is 0 Å². The highest BCUT2D eigenvalue weighted by atomic mass is 14.2. The standard InChI is InChI=1S/C8H16.C6H14.C2H6/c1-7-5-3-4-6-8(7)2;1-4-5-6(2)3;1-2/h7-8H,3-6H2,1-2H3;6H,4-5H2,1-3H3;1-2H3. The number of hydrogen-bond acceptors (Lipinski definition) is 0.